The zero-order valence-corrected chi connectivity index (χ0v) is 27.4. The van der Waals surface area contributed by atoms with Gasteiger partial charge in [0, 0.05) is 38.4 Å². The van der Waals surface area contributed by atoms with E-state index in [1.807, 2.05) is 54.6 Å². The number of pyridine rings is 2. The minimum Gasteiger partial charge on any atom is -0.507 e. The van der Waals surface area contributed by atoms with Gasteiger partial charge in [-0.1, -0.05) is 107 Å². The number of rotatable bonds is 5. The standard InChI is InChI=1S/C36H35N2OS.Pt/c1-35(2,3)27-22-29(34(39)30(23-27)36(4,5)6)32-21-26(24-13-8-7-9-14-24)20-31(38-32)25-15-12-16-28(19-25)40-33-17-10-11-18-37-33;/h7-18,20-23,39H,1-6H3;/q-1;. The first-order valence-corrected chi connectivity index (χ1v) is 14.4. The monoisotopic (exact) mass is 738 g/mol. The molecule has 5 rings (SSSR count). The summed E-state index contributed by atoms with van der Waals surface area (Å²) in [5.41, 5.74) is 7.07. The summed E-state index contributed by atoms with van der Waals surface area (Å²) >= 11 is 1.57. The van der Waals surface area contributed by atoms with Crippen LogP contribution in [0.5, 0.6) is 5.75 Å². The van der Waals surface area contributed by atoms with Gasteiger partial charge in [0.25, 0.3) is 0 Å². The van der Waals surface area contributed by atoms with Gasteiger partial charge in [-0.2, -0.15) is 0 Å². The Hall–Kier alpha value is -3.20. The number of nitrogens with zero attached hydrogens (tertiary/aromatic N) is 2. The van der Waals surface area contributed by atoms with Crippen molar-refractivity contribution >= 4 is 11.8 Å². The summed E-state index contributed by atoms with van der Waals surface area (Å²) in [6, 6.07) is 34.3. The van der Waals surface area contributed by atoms with Crippen LogP contribution in [0.3, 0.4) is 0 Å². The molecule has 0 spiro atoms. The number of hydrogen-bond donors (Lipinski definition) is 1. The van der Waals surface area contributed by atoms with Crippen LogP contribution in [0.2, 0.25) is 0 Å². The first kappa shape index (κ1) is 30.7. The average molecular weight is 739 g/mol. The Bertz CT molecular complexity index is 1640. The van der Waals surface area contributed by atoms with Gasteiger partial charge in [-0.05, 0) is 57.5 Å². The summed E-state index contributed by atoms with van der Waals surface area (Å²) in [6.45, 7) is 13.0. The van der Waals surface area contributed by atoms with Crippen molar-refractivity contribution in [3.8, 4) is 39.4 Å². The van der Waals surface area contributed by atoms with Gasteiger partial charge in [-0.15, -0.1) is 29.8 Å². The molecule has 0 saturated carbocycles. The van der Waals surface area contributed by atoms with Gasteiger partial charge < -0.3 is 5.11 Å². The summed E-state index contributed by atoms with van der Waals surface area (Å²) in [5.74, 6) is 0.285. The molecule has 0 amide bonds. The van der Waals surface area contributed by atoms with Crippen molar-refractivity contribution in [3.63, 3.8) is 0 Å². The van der Waals surface area contributed by atoms with Crippen molar-refractivity contribution in [2.75, 3.05) is 0 Å². The largest absolute Gasteiger partial charge is 0.507 e. The van der Waals surface area contributed by atoms with Crippen LogP contribution in [0.4, 0.5) is 0 Å². The van der Waals surface area contributed by atoms with Crippen LogP contribution in [0.15, 0.2) is 107 Å². The van der Waals surface area contributed by atoms with Crippen LogP contribution >= 0.6 is 11.8 Å². The minimum absolute atomic E-state index is 0. The molecule has 0 bridgehead atoms. The summed E-state index contributed by atoms with van der Waals surface area (Å²) in [7, 11) is 0. The molecule has 212 valence electrons. The van der Waals surface area contributed by atoms with Crippen LogP contribution in [0.25, 0.3) is 33.6 Å². The summed E-state index contributed by atoms with van der Waals surface area (Å²) in [6.07, 6.45) is 1.80. The normalized spacial score (nSPS) is 11.7. The topological polar surface area (TPSA) is 46.0 Å². The number of hydrogen-bond acceptors (Lipinski definition) is 4. The van der Waals surface area contributed by atoms with E-state index in [9.17, 15) is 5.11 Å². The van der Waals surface area contributed by atoms with E-state index in [1.54, 1.807) is 18.0 Å². The van der Waals surface area contributed by atoms with Gasteiger partial charge in [0.2, 0.25) is 0 Å². The molecule has 0 aliphatic heterocycles. The fourth-order valence-electron chi connectivity index (χ4n) is 4.62. The van der Waals surface area contributed by atoms with Crippen molar-refractivity contribution in [3.05, 3.63) is 114 Å². The number of phenolic OH excluding ortho intramolecular Hbond substituents is 1. The van der Waals surface area contributed by atoms with E-state index >= 15 is 0 Å². The molecule has 0 saturated heterocycles. The second-order valence-corrected chi connectivity index (χ2v) is 13.2. The Morgan fingerprint density at radius 1 is 0.707 bits per heavy atom. The molecule has 0 unspecified atom stereocenters. The number of aromatic hydroxyl groups is 1. The van der Waals surface area contributed by atoms with Crippen molar-refractivity contribution in [2.45, 2.75) is 62.3 Å². The number of phenols is 1. The molecule has 2 heterocycles. The molecular formula is C36H35N2OPtS-. The molecule has 0 radical (unpaired) electrons. The zero-order valence-electron chi connectivity index (χ0n) is 24.3. The van der Waals surface area contributed by atoms with Crippen LogP contribution in [-0.4, -0.2) is 15.1 Å². The second-order valence-electron chi connectivity index (χ2n) is 12.1. The van der Waals surface area contributed by atoms with Crippen molar-refractivity contribution in [2.24, 2.45) is 0 Å². The molecular weight excluding hydrogens is 704 g/mol. The van der Waals surface area contributed by atoms with E-state index < -0.39 is 0 Å². The van der Waals surface area contributed by atoms with E-state index in [1.165, 1.54) is 5.56 Å². The van der Waals surface area contributed by atoms with E-state index in [0.29, 0.717) is 0 Å². The molecule has 0 aliphatic carbocycles. The van der Waals surface area contributed by atoms with E-state index in [2.05, 4.69) is 89.0 Å². The predicted molar refractivity (Wildman–Crippen MR) is 167 cm³/mol. The summed E-state index contributed by atoms with van der Waals surface area (Å²) < 4.78 is 0. The molecule has 1 N–H and O–H groups in total. The van der Waals surface area contributed by atoms with Gasteiger partial charge >= 0.3 is 0 Å². The van der Waals surface area contributed by atoms with Gasteiger partial charge in [0.15, 0.2) is 0 Å². The molecule has 0 atom stereocenters. The van der Waals surface area contributed by atoms with Crippen LogP contribution < -0.4 is 0 Å². The fraction of sp³-hybridized carbons (Fsp3) is 0.222. The van der Waals surface area contributed by atoms with E-state index in [4.69, 9.17) is 4.98 Å². The third-order valence-electron chi connectivity index (χ3n) is 6.89. The predicted octanol–water partition coefficient (Wildman–Crippen LogP) is 9.73. The first-order chi connectivity index (χ1) is 19.0. The molecule has 41 heavy (non-hydrogen) atoms. The van der Waals surface area contributed by atoms with Crippen molar-refractivity contribution < 1.29 is 26.2 Å². The molecule has 5 heteroatoms. The quantitative estimate of drug-likeness (QED) is 0.183. The molecule has 3 nitrogen and oxygen atoms in total. The fourth-order valence-corrected chi connectivity index (χ4v) is 5.41. The van der Waals surface area contributed by atoms with Crippen LogP contribution in [0.1, 0.15) is 52.7 Å². The van der Waals surface area contributed by atoms with Gasteiger partial charge in [-0.3, -0.25) is 4.98 Å². The molecule has 0 fully saturated rings. The van der Waals surface area contributed by atoms with Gasteiger partial charge in [0.05, 0.1) is 10.7 Å². The smallest absolute Gasteiger partial charge is 0.128 e. The minimum atomic E-state index is -0.231. The summed E-state index contributed by atoms with van der Waals surface area (Å²) in [4.78, 5) is 10.6. The molecule has 5 aromatic rings. The van der Waals surface area contributed by atoms with Crippen molar-refractivity contribution in [1.29, 1.82) is 0 Å². The third-order valence-corrected chi connectivity index (χ3v) is 7.80. The summed E-state index contributed by atoms with van der Waals surface area (Å²) in [5, 5.41) is 12.6. The molecule has 0 aliphatic rings. The van der Waals surface area contributed by atoms with Crippen LogP contribution in [-0.2, 0) is 31.9 Å². The first-order valence-electron chi connectivity index (χ1n) is 13.6. The second kappa shape index (κ2) is 12.3. The maximum absolute atomic E-state index is 11.6. The Balaban J connectivity index is 0.00000387. The molecule has 3 aromatic carbocycles. The Morgan fingerprint density at radius 3 is 2.07 bits per heavy atom. The Labute approximate surface area is 262 Å². The van der Waals surface area contributed by atoms with Crippen molar-refractivity contribution in [1.82, 2.24) is 9.97 Å². The Morgan fingerprint density at radius 2 is 1.41 bits per heavy atom. The van der Waals surface area contributed by atoms with E-state index in [-0.39, 0.29) is 37.6 Å². The van der Waals surface area contributed by atoms with Crippen LogP contribution in [0, 0.1) is 6.07 Å². The maximum Gasteiger partial charge on any atom is 0.128 e. The Kier molecular flexibility index (Phi) is 9.26. The number of aromatic nitrogens is 2. The van der Waals surface area contributed by atoms with Gasteiger partial charge in [-0.25, -0.2) is 4.98 Å². The average Bonchev–Trinajstić information content (AvgIpc) is 2.93. The molecule has 2 aromatic heterocycles. The zero-order chi connectivity index (χ0) is 28.5. The number of benzene rings is 3. The van der Waals surface area contributed by atoms with E-state index in [0.717, 1.165) is 49.1 Å². The SMILES string of the molecule is CC(C)(C)c1cc(-c2cc(-c3ccccc3)cc(-c3[c-]c(Sc4ccccn4)ccc3)n2)c(O)c(C(C)(C)C)c1.[Pt]. The third kappa shape index (κ3) is 7.18. The van der Waals surface area contributed by atoms with Gasteiger partial charge in [0.1, 0.15) is 5.75 Å². The maximum atomic E-state index is 11.6.